The van der Waals surface area contributed by atoms with Gasteiger partial charge in [0.15, 0.2) is 0 Å². The minimum absolute atomic E-state index is 0.0284. The Bertz CT molecular complexity index is 981. The highest BCUT2D eigenvalue weighted by Crippen LogP contribution is 2.41. The lowest BCUT2D eigenvalue weighted by molar-refractivity contribution is -0.121. The number of morpholine rings is 1. The molecule has 0 spiro atoms. The lowest BCUT2D eigenvalue weighted by Gasteiger charge is -2.26. The van der Waals surface area contributed by atoms with E-state index in [0.717, 1.165) is 50.0 Å². The largest absolute Gasteiger partial charge is 0.379 e. The molecule has 1 amide bonds. The molecule has 156 valence electrons. The van der Waals surface area contributed by atoms with Crippen LogP contribution in [-0.2, 0) is 19.6 Å². The molecule has 2 aliphatic heterocycles. The maximum absolute atomic E-state index is 12.9. The normalized spacial score (nSPS) is 18.3. The number of nitrogens with zero attached hydrogens (tertiary/aromatic N) is 2. The second-order valence-electron chi connectivity index (χ2n) is 7.47. The quantitative estimate of drug-likeness (QED) is 0.665. The van der Waals surface area contributed by atoms with Crippen molar-refractivity contribution in [2.24, 2.45) is 0 Å². The molecular formula is C21H27N3O4S. The van der Waals surface area contributed by atoms with Crippen molar-refractivity contribution in [3.63, 3.8) is 0 Å². The van der Waals surface area contributed by atoms with E-state index in [1.165, 1.54) is 4.31 Å². The van der Waals surface area contributed by atoms with Crippen molar-refractivity contribution < 1.29 is 17.9 Å². The van der Waals surface area contributed by atoms with Crippen LogP contribution in [0.4, 0.5) is 5.69 Å². The van der Waals surface area contributed by atoms with Crippen molar-refractivity contribution in [1.29, 1.82) is 0 Å². The van der Waals surface area contributed by atoms with Crippen molar-refractivity contribution in [2.45, 2.75) is 24.2 Å². The van der Waals surface area contributed by atoms with Gasteiger partial charge in [0.1, 0.15) is 0 Å². The Kier molecular flexibility index (Phi) is 6.03. The Morgan fingerprint density at radius 3 is 2.59 bits per heavy atom. The molecule has 2 aliphatic rings. The Hall–Kier alpha value is -2.16. The number of hydrogen-bond donors (Lipinski definition) is 1. The molecule has 0 saturated carbocycles. The molecular weight excluding hydrogens is 390 g/mol. The number of nitrogens with one attached hydrogen (secondary N) is 1. The highest BCUT2D eigenvalue weighted by atomic mass is 32.2. The zero-order valence-electron chi connectivity index (χ0n) is 16.5. The van der Waals surface area contributed by atoms with Gasteiger partial charge in [-0.15, -0.1) is 0 Å². The van der Waals surface area contributed by atoms with Crippen LogP contribution in [0.3, 0.4) is 0 Å². The van der Waals surface area contributed by atoms with E-state index < -0.39 is 10.0 Å². The van der Waals surface area contributed by atoms with Gasteiger partial charge in [-0.2, -0.15) is 0 Å². The molecule has 7 nitrogen and oxygen atoms in total. The third-order valence-electron chi connectivity index (χ3n) is 5.52. The molecule has 0 bridgehead atoms. The number of amides is 1. The fourth-order valence-corrected chi connectivity index (χ4v) is 5.77. The second kappa shape index (κ2) is 8.69. The van der Waals surface area contributed by atoms with E-state index in [0.29, 0.717) is 36.5 Å². The Labute approximate surface area is 171 Å². The van der Waals surface area contributed by atoms with E-state index in [9.17, 15) is 13.2 Å². The van der Waals surface area contributed by atoms with Gasteiger partial charge >= 0.3 is 0 Å². The lowest BCUT2D eigenvalue weighted by atomic mass is 10.1. The summed E-state index contributed by atoms with van der Waals surface area (Å²) in [5, 5.41) is 4.64. The van der Waals surface area contributed by atoms with E-state index in [2.05, 4.69) is 10.2 Å². The molecule has 8 heteroatoms. The molecule has 2 aromatic carbocycles. The molecule has 2 heterocycles. The molecule has 0 aliphatic carbocycles. The van der Waals surface area contributed by atoms with Gasteiger partial charge in [-0.25, -0.2) is 8.42 Å². The fourth-order valence-electron chi connectivity index (χ4n) is 4.03. The summed E-state index contributed by atoms with van der Waals surface area (Å²) in [6.45, 7) is 5.37. The van der Waals surface area contributed by atoms with Crippen LogP contribution in [0.5, 0.6) is 0 Å². The van der Waals surface area contributed by atoms with Gasteiger partial charge in [-0.1, -0.05) is 24.3 Å². The van der Waals surface area contributed by atoms with Crippen LogP contribution in [0.1, 0.15) is 19.3 Å². The number of sulfonamides is 1. The molecule has 2 aromatic rings. The number of rotatable bonds is 8. The summed E-state index contributed by atoms with van der Waals surface area (Å²) in [7, 11) is -3.54. The third kappa shape index (κ3) is 4.24. The first kappa shape index (κ1) is 20.1. The highest BCUT2D eigenvalue weighted by Gasteiger charge is 2.34. The minimum atomic E-state index is -3.54. The van der Waals surface area contributed by atoms with Crippen LogP contribution in [0.2, 0.25) is 0 Å². The summed E-state index contributed by atoms with van der Waals surface area (Å²) in [5.41, 5.74) is 0.712. The summed E-state index contributed by atoms with van der Waals surface area (Å²) < 4.78 is 32.6. The van der Waals surface area contributed by atoms with Crippen LogP contribution < -0.4 is 9.62 Å². The maximum Gasteiger partial charge on any atom is 0.265 e. The average Bonchev–Trinajstić information content (AvgIpc) is 2.95. The number of carbonyl (C=O) groups is 1. The van der Waals surface area contributed by atoms with Gasteiger partial charge < -0.3 is 10.1 Å². The number of benzene rings is 2. The topological polar surface area (TPSA) is 79.0 Å². The molecule has 0 unspecified atom stereocenters. The molecule has 0 atom stereocenters. The van der Waals surface area contributed by atoms with E-state index in [1.54, 1.807) is 12.1 Å². The third-order valence-corrected chi connectivity index (χ3v) is 7.38. The summed E-state index contributed by atoms with van der Waals surface area (Å²) in [6.07, 6.45) is 1.71. The van der Waals surface area contributed by atoms with Gasteiger partial charge in [0.25, 0.3) is 10.0 Å². The predicted octanol–water partition coefficient (Wildman–Crippen LogP) is 1.97. The Morgan fingerprint density at radius 1 is 1.03 bits per heavy atom. The standard InChI is InChI=1S/C21H27N3O4S/c25-20(22-10-4-11-23-13-15-28-16-14-23)9-3-12-24-18-7-1-5-17-6-2-8-19(21(17)18)29(24,26)27/h1-2,5-8H,3-4,9-16H2,(H,22,25). The smallest absolute Gasteiger partial charge is 0.265 e. The Morgan fingerprint density at radius 2 is 1.79 bits per heavy atom. The van der Waals surface area contributed by atoms with E-state index in [4.69, 9.17) is 4.74 Å². The Balaban J connectivity index is 1.25. The van der Waals surface area contributed by atoms with Crippen molar-refractivity contribution in [2.75, 3.05) is 50.2 Å². The molecule has 0 aromatic heterocycles. The van der Waals surface area contributed by atoms with Crippen LogP contribution >= 0.6 is 0 Å². The molecule has 0 radical (unpaired) electrons. The van der Waals surface area contributed by atoms with E-state index in [1.807, 2.05) is 24.3 Å². The van der Waals surface area contributed by atoms with Gasteiger partial charge in [0, 0.05) is 38.0 Å². The lowest BCUT2D eigenvalue weighted by Crippen LogP contribution is -2.38. The van der Waals surface area contributed by atoms with Crippen LogP contribution in [-0.4, -0.2) is 65.2 Å². The van der Waals surface area contributed by atoms with Gasteiger partial charge in [-0.05, 0) is 36.9 Å². The summed E-state index contributed by atoms with van der Waals surface area (Å²) >= 11 is 0. The van der Waals surface area contributed by atoms with Crippen LogP contribution in [0.15, 0.2) is 41.3 Å². The molecule has 1 N–H and O–H groups in total. The van der Waals surface area contributed by atoms with Gasteiger partial charge in [0.05, 0.1) is 23.8 Å². The van der Waals surface area contributed by atoms with Crippen molar-refractivity contribution in [3.05, 3.63) is 36.4 Å². The summed E-state index contributed by atoms with van der Waals surface area (Å²) in [6, 6.07) is 11.0. The summed E-state index contributed by atoms with van der Waals surface area (Å²) in [4.78, 5) is 14.8. The molecule has 1 fully saturated rings. The fraction of sp³-hybridized carbons (Fsp3) is 0.476. The van der Waals surface area contributed by atoms with E-state index in [-0.39, 0.29) is 5.91 Å². The van der Waals surface area contributed by atoms with Crippen molar-refractivity contribution in [3.8, 4) is 0 Å². The number of carbonyl (C=O) groups excluding carboxylic acids is 1. The van der Waals surface area contributed by atoms with E-state index >= 15 is 0 Å². The number of ether oxygens (including phenoxy) is 1. The average molecular weight is 418 g/mol. The number of hydrogen-bond acceptors (Lipinski definition) is 5. The van der Waals surface area contributed by atoms with Crippen LogP contribution in [0, 0.1) is 0 Å². The van der Waals surface area contributed by atoms with Gasteiger partial charge in [-0.3, -0.25) is 14.0 Å². The summed E-state index contributed by atoms with van der Waals surface area (Å²) in [5.74, 6) is -0.0284. The van der Waals surface area contributed by atoms with Crippen molar-refractivity contribution >= 4 is 32.4 Å². The maximum atomic E-state index is 12.9. The van der Waals surface area contributed by atoms with Crippen molar-refractivity contribution in [1.82, 2.24) is 10.2 Å². The SMILES string of the molecule is O=C(CCCN1c2cccc3cccc(c23)S1(=O)=O)NCCCN1CCOCC1. The first-order valence-corrected chi connectivity index (χ1v) is 11.6. The molecule has 29 heavy (non-hydrogen) atoms. The first-order valence-electron chi connectivity index (χ1n) is 10.2. The molecule has 4 rings (SSSR count). The zero-order valence-corrected chi connectivity index (χ0v) is 17.3. The van der Waals surface area contributed by atoms with Crippen LogP contribution in [0.25, 0.3) is 10.8 Å². The minimum Gasteiger partial charge on any atom is -0.379 e. The second-order valence-corrected chi connectivity index (χ2v) is 9.30. The monoisotopic (exact) mass is 417 g/mol. The zero-order chi connectivity index (χ0) is 20.3. The van der Waals surface area contributed by atoms with Gasteiger partial charge in [0.2, 0.25) is 5.91 Å². The molecule has 1 saturated heterocycles. The number of anilines is 1. The predicted molar refractivity (Wildman–Crippen MR) is 113 cm³/mol. The first-order chi connectivity index (χ1) is 14.1. The highest BCUT2D eigenvalue weighted by molar-refractivity contribution is 7.93.